The second kappa shape index (κ2) is 5.17. The topological polar surface area (TPSA) is 100 Å². The monoisotopic (exact) mass is 288 g/mol. The van der Waals surface area contributed by atoms with Crippen LogP contribution in [0, 0.1) is 0 Å². The fraction of sp³-hybridized carbons (Fsp3) is 0.357. The molecule has 3 rings (SSSR count). The normalized spacial score (nSPS) is 23.8. The number of carboxylic acid groups (broad SMARTS) is 1. The molecule has 2 unspecified atom stereocenters. The highest BCUT2D eigenvalue weighted by Gasteiger charge is 2.50. The first-order valence-corrected chi connectivity index (χ1v) is 6.69. The van der Waals surface area contributed by atoms with E-state index in [4.69, 9.17) is 9.52 Å². The van der Waals surface area contributed by atoms with Crippen LogP contribution in [0.4, 0.5) is 10.8 Å². The molecule has 2 atom stereocenters. The Morgan fingerprint density at radius 2 is 2.19 bits per heavy atom. The molecule has 0 saturated heterocycles. The van der Waals surface area contributed by atoms with Crippen LogP contribution in [-0.2, 0) is 6.54 Å². The Balaban J connectivity index is 1.56. The van der Waals surface area contributed by atoms with E-state index >= 15 is 0 Å². The highest BCUT2D eigenvalue weighted by Crippen LogP contribution is 2.51. The molecule has 0 spiro atoms. The molecule has 0 bridgehead atoms. The maximum atomic E-state index is 10.5. The fourth-order valence-electron chi connectivity index (χ4n) is 2.48. The Bertz CT molecular complexity index is 643. The van der Waals surface area contributed by atoms with Crippen molar-refractivity contribution < 1.29 is 14.3 Å². The van der Waals surface area contributed by atoms with E-state index in [9.17, 15) is 4.79 Å². The number of hydrogen-bond acceptors (Lipinski definition) is 5. The van der Waals surface area contributed by atoms with Crippen molar-refractivity contribution in [3.05, 3.63) is 41.8 Å². The lowest BCUT2D eigenvalue weighted by atomic mass is 10.1. The molecule has 1 amide bonds. The van der Waals surface area contributed by atoms with E-state index in [0.29, 0.717) is 18.4 Å². The van der Waals surface area contributed by atoms with Gasteiger partial charge >= 0.3 is 12.1 Å². The number of aromatic nitrogens is 2. The minimum absolute atomic E-state index is 0.0101. The number of anilines is 1. The van der Waals surface area contributed by atoms with Gasteiger partial charge in [0.05, 0.1) is 6.54 Å². The van der Waals surface area contributed by atoms with Crippen molar-refractivity contribution in [1.82, 2.24) is 15.5 Å². The Kier molecular flexibility index (Phi) is 3.34. The maximum absolute atomic E-state index is 10.5. The van der Waals surface area contributed by atoms with Crippen LogP contribution in [0.2, 0.25) is 0 Å². The second-order valence-electron chi connectivity index (χ2n) is 5.37. The predicted octanol–water partition coefficient (Wildman–Crippen LogP) is 2.20. The molecule has 0 aliphatic heterocycles. The zero-order chi connectivity index (χ0) is 14.9. The van der Waals surface area contributed by atoms with E-state index in [0.717, 1.165) is 6.42 Å². The van der Waals surface area contributed by atoms with Crippen LogP contribution in [0.3, 0.4) is 0 Å². The third kappa shape index (κ3) is 3.03. The first-order valence-electron chi connectivity index (χ1n) is 6.69. The summed E-state index contributed by atoms with van der Waals surface area (Å²) in [6, 6.07) is 10.2. The van der Waals surface area contributed by atoms with Crippen LogP contribution < -0.4 is 10.6 Å². The molecular formula is C14H16N4O3. The molecule has 1 aliphatic carbocycles. The largest absolute Gasteiger partial charge is 0.465 e. The van der Waals surface area contributed by atoms with Crippen molar-refractivity contribution in [3.8, 4) is 0 Å². The second-order valence-corrected chi connectivity index (χ2v) is 5.37. The molecule has 1 heterocycles. The van der Waals surface area contributed by atoms with Crippen LogP contribution in [0.25, 0.3) is 0 Å². The van der Waals surface area contributed by atoms with Crippen molar-refractivity contribution in [3.63, 3.8) is 0 Å². The molecule has 7 nitrogen and oxygen atoms in total. The summed E-state index contributed by atoms with van der Waals surface area (Å²) in [6.07, 6.45) is -0.178. The third-order valence-corrected chi connectivity index (χ3v) is 3.76. The Morgan fingerprint density at radius 1 is 1.43 bits per heavy atom. The van der Waals surface area contributed by atoms with E-state index < -0.39 is 6.09 Å². The van der Waals surface area contributed by atoms with Crippen LogP contribution in [-0.4, -0.2) is 26.9 Å². The molecule has 7 heteroatoms. The third-order valence-electron chi connectivity index (χ3n) is 3.76. The summed E-state index contributed by atoms with van der Waals surface area (Å²) < 4.78 is 5.18. The van der Waals surface area contributed by atoms with Gasteiger partial charge in [0.1, 0.15) is 0 Å². The maximum Gasteiger partial charge on any atom is 0.412 e. The molecule has 21 heavy (non-hydrogen) atoms. The van der Waals surface area contributed by atoms with E-state index in [1.54, 1.807) is 0 Å². The molecule has 1 aromatic heterocycles. The summed E-state index contributed by atoms with van der Waals surface area (Å²) in [4.78, 5) is 10.5. The van der Waals surface area contributed by atoms with Gasteiger partial charge in [-0.15, -0.1) is 5.10 Å². The molecular weight excluding hydrogens is 272 g/mol. The highest BCUT2D eigenvalue weighted by atomic mass is 16.4. The van der Waals surface area contributed by atoms with Crippen molar-refractivity contribution in [2.45, 2.75) is 31.3 Å². The Labute approximate surface area is 121 Å². The van der Waals surface area contributed by atoms with E-state index in [1.807, 2.05) is 23.5 Å². The molecule has 1 saturated carbocycles. The number of benzene rings is 1. The van der Waals surface area contributed by atoms with Gasteiger partial charge in [0.2, 0.25) is 5.89 Å². The van der Waals surface area contributed by atoms with Gasteiger partial charge < -0.3 is 14.8 Å². The predicted molar refractivity (Wildman–Crippen MR) is 75.0 cm³/mol. The summed E-state index contributed by atoms with van der Waals surface area (Å²) in [5, 5.41) is 21.4. The first kappa shape index (κ1) is 13.6. The van der Waals surface area contributed by atoms with Crippen molar-refractivity contribution in [2.75, 3.05) is 5.32 Å². The standard InChI is InChI=1S/C14H16N4O3/c1-14(7-10(14)9-5-3-2-4-6-9)15-8-11-17-18-12(21-11)16-13(19)20/h2-6,10,15H,7-8H2,1H3,(H,16,18)(H,19,20). The lowest BCUT2D eigenvalue weighted by Gasteiger charge is -2.12. The summed E-state index contributed by atoms with van der Waals surface area (Å²) >= 11 is 0. The lowest BCUT2D eigenvalue weighted by molar-refractivity contribution is 0.209. The first-order chi connectivity index (χ1) is 10.1. The zero-order valence-electron chi connectivity index (χ0n) is 11.5. The van der Waals surface area contributed by atoms with Gasteiger partial charge in [-0.3, -0.25) is 0 Å². The molecule has 1 aromatic carbocycles. The molecule has 110 valence electrons. The summed E-state index contributed by atoms with van der Waals surface area (Å²) in [6.45, 7) is 2.56. The number of amides is 1. The van der Waals surface area contributed by atoms with Gasteiger partial charge in [-0.25, -0.2) is 10.1 Å². The number of carbonyl (C=O) groups is 1. The smallest absolute Gasteiger partial charge is 0.412 e. The average Bonchev–Trinajstić information content (AvgIpc) is 2.94. The Hall–Kier alpha value is -2.41. The minimum Gasteiger partial charge on any atom is -0.465 e. The van der Waals surface area contributed by atoms with Gasteiger partial charge in [0.15, 0.2) is 0 Å². The summed E-state index contributed by atoms with van der Waals surface area (Å²) in [5.41, 5.74) is 1.32. The molecule has 0 radical (unpaired) electrons. The van der Waals surface area contributed by atoms with Gasteiger partial charge in [0.25, 0.3) is 0 Å². The molecule has 2 aromatic rings. The number of rotatable bonds is 5. The van der Waals surface area contributed by atoms with Crippen LogP contribution in [0.1, 0.15) is 30.7 Å². The SMILES string of the molecule is CC1(NCc2nnc(NC(=O)O)o2)CC1c1ccccc1. The molecule has 1 aliphatic rings. The van der Waals surface area contributed by atoms with E-state index in [1.165, 1.54) is 5.56 Å². The highest BCUT2D eigenvalue weighted by molar-refractivity contribution is 5.79. The van der Waals surface area contributed by atoms with E-state index in [2.05, 4.69) is 34.6 Å². The quantitative estimate of drug-likeness (QED) is 0.779. The summed E-state index contributed by atoms with van der Waals surface area (Å²) in [7, 11) is 0. The summed E-state index contributed by atoms with van der Waals surface area (Å²) in [5.74, 6) is 0.830. The molecule has 1 fully saturated rings. The number of nitrogens with one attached hydrogen (secondary N) is 2. The van der Waals surface area contributed by atoms with Crippen LogP contribution >= 0.6 is 0 Å². The lowest BCUT2D eigenvalue weighted by Crippen LogP contribution is -2.29. The van der Waals surface area contributed by atoms with Crippen molar-refractivity contribution in [2.24, 2.45) is 0 Å². The average molecular weight is 288 g/mol. The minimum atomic E-state index is -1.23. The van der Waals surface area contributed by atoms with Gasteiger partial charge in [0, 0.05) is 11.5 Å². The zero-order valence-corrected chi connectivity index (χ0v) is 11.5. The van der Waals surface area contributed by atoms with E-state index in [-0.39, 0.29) is 11.6 Å². The fourth-order valence-corrected chi connectivity index (χ4v) is 2.48. The van der Waals surface area contributed by atoms with Crippen molar-refractivity contribution >= 4 is 12.1 Å². The molecule has 3 N–H and O–H groups in total. The van der Waals surface area contributed by atoms with Crippen LogP contribution in [0.5, 0.6) is 0 Å². The van der Waals surface area contributed by atoms with Gasteiger partial charge in [-0.05, 0) is 18.9 Å². The van der Waals surface area contributed by atoms with Gasteiger partial charge in [-0.1, -0.05) is 35.4 Å². The number of hydrogen-bond donors (Lipinski definition) is 3. The van der Waals surface area contributed by atoms with Crippen LogP contribution in [0.15, 0.2) is 34.7 Å². The van der Waals surface area contributed by atoms with Crippen molar-refractivity contribution in [1.29, 1.82) is 0 Å². The Morgan fingerprint density at radius 3 is 2.90 bits per heavy atom. The van der Waals surface area contributed by atoms with Gasteiger partial charge in [-0.2, -0.15) is 0 Å². The number of nitrogens with zero attached hydrogens (tertiary/aromatic N) is 2.